The van der Waals surface area contributed by atoms with E-state index in [-0.39, 0.29) is 5.91 Å². The monoisotopic (exact) mass is 342 g/mol. The molecule has 0 aliphatic carbocycles. The third kappa shape index (κ3) is 4.83. The molecule has 1 saturated heterocycles. The van der Waals surface area contributed by atoms with Gasteiger partial charge < -0.3 is 4.90 Å². The molecule has 1 fully saturated rings. The van der Waals surface area contributed by atoms with E-state index < -0.39 is 0 Å². The molecule has 0 spiro atoms. The molecule has 1 aliphatic rings. The molecule has 0 atom stereocenters. The Kier molecular flexibility index (Phi) is 5.89. The molecule has 0 radical (unpaired) electrons. The van der Waals surface area contributed by atoms with Crippen molar-refractivity contribution in [3.8, 4) is 0 Å². The molecule has 24 heavy (non-hydrogen) atoms. The van der Waals surface area contributed by atoms with Crippen LogP contribution < -0.4 is 0 Å². The predicted octanol–water partition coefficient (Wildman–Crippen LogP) is 3.27. The van der Waals surface area contributed by atoms with Gasteiger partial charge in [0.2, 0.25) is 5.91 Å². The average molecular weight is 343 g/mol. The predicted molar refractivity (Wildman–Crippen MR) is 98.3 cm³/mol. The first kappa shape index (κ1) is 17.0. The molecular formula is C20H23ClN2O. The lowest BCUT2D eigenvalue weighted by Crippen LogP contribution is -2.49. The van der Waals surface area contributed by atoms with E-state index in [0.29, 0.717) is 11.4 Å². The lowest BCUT2D eigenvalue weighted by Gasteiger charge is -2.34. The van der Waals surface area contributed by atoms with Gasteiger partial charge in [0.05, 0.1) is 6.42 Å². The molecule has 0 N–H and O–H groups in total. The minimum atomic E-state index is 0.208. The van der Waals surface area contributed by atoms with Crippen molar-refractivity contribution >= 4 is 17.5 Å². The number of benzene rings is 2. The molecule has 126 valence electrons. The normalized spacial score (nSPS) is 15.5. The van der Waals surface area contributed by atoms with Crippen LogP contribution in [0.15, 0.2) is 54.6 Å². The van der Waals surface area contributed by atoms with Crippen LogP contribution in [0.4, 0.5) is 0 Å². The molecule has 1 aliphatic heterocycles. The lowest BCUT2D eigenvalue weighted by atomic mass is 10.1. The summed E-state index contributed by atoms with van der Waals surface area (Å²) in [7, 11) is 0. The molecular weight excluding hydrogens is 320 g/mol. The van der Waals surface area contributed by atoms with E-state index in [2.05, 4.69) is 35.2 Å². The summed E-state index contributed by atoms with van der Waals surface area (Å²) in [6.07, 6.45) is 1.53. The third-order valence-electron chi connectivity index (χ3n) is 4.55. The van der Waals surface area contributed by atoms with Gasteiger partial charge in [-0.15, -0.1) is 0 Å². The number of piperazine rings is 1. The highest BCUT2D eigenvalue weighted by atomic mass is 35.5. The second kappa shape index (κ2) is 8.32. The largest absolute Gasteiger partial charge is 0.340 e. The van der Waals surface area contributed by atoms with Crippen LogP contribution in [0.1, 0.15) is 11.1 Å². The van der Waals surface area contributed by atoms with E-state index in [0.717, 1.165) is 44.7 Å². The van der Waals surface area contributed by atoms with Crippen molar-refractivity contribution in [1.29, 1.82) is 0 Å². The standard InChI is InChI=1S/C20H23ClN2O/c21-19-8-6-18(7-9-19)16-20(24)23-14-12-22(13-15-23)11-10-17-4-2-1-3-5-17/h1-9H,10-16H2. The van der Waals surface area contributed by atoms with Gasteiger partial charge in [-0.2, -0.15) is 0 Å². The fourth-order valence-corrected chi connectivity index (χ4v) is 3.17. The number of rotatable bonds is 5. The SMILES string of the molecule is O=C(Cc1ccc(Cl)cc1)N1CCN(CCc2ccccc2)CC1. The average Bonchev–Trinajstić information content (AvgIpc) is 2.63. The topological polar surface area (TPSA) is 23.6 Å². The first-order valence-corrected chi connectivity index (χ1v) is 8.87. The quantitative estimate of drug-likeness (QED) is 0.832. The Balaban J connectivity index is 1.42. The molecule has 1 heterocycles. The maximum atomic E-state index is 12.4. The second-order valence-corrected chi connectivity index (χ2v) is 6.70. The molecule has 0 unspecified atom stereocenters. The van der Waals surface area contributed by atoms with Crippen LogP contribution in [0.2, 0.25) is 5.02 Å². The Hall–Kier alpha value is -1.84. The number of carbonyl (C=O) groups is 1. The van der Waals surface area contributed by atoms with E-state index in [9.17, 15) is 4.79 Å². The smallest absolute Gasteiger partial charge is 0.227 e. The number of carbonyl (C=O) groups excluding carboxylic acids is 1. The van der Waals surface area contributed by atoms with Crippen LogP contribution in [0.5, 0.6) is 0 Å². The van der Waals surface area contributed by atoms with E-state index in [1.165, 1.54) is 5.56 Å². The maximum absolute atomic E-state index is 12.4. The Morgan fingerprint density at radius 1 is 0.875 bits per heavy atom. The summed E-state index contributed by atoms with van der Waals surface area (Å²) < 4.78 is 0. The highest BCUT2D eigenvalue weighted by Gasteiger charge is 2.20. The van der Waals surface area contributed by atoms with Crippen molar-refractivity contribution in [2.24, 2.45) is 0 Å². The molecule has 4 heteroatoms. The zero-order valence-electron chi connectivity index (χ0n) is 13.8. The molecule has 0 aromatic heterocycles. The minimum absolute atomic E-state index is 0.208. The Labute approximate surface area is 148 Å². The minimum Gasteiger partial charge on any atom is -0.340 e. The summed E-state index contributed by atoms with van der Waals surface area (Å²) in [5, 5.41) is 0.707. The summed E-state index contributed by atoms with van der Waals surface area (Å²) in [6.45, 7) is 4.62. The summed E-state index contributed by atoms with van der Waals surface area (Å²) in [4.78, 5) is 16.8. The highest BCUT2D eigenvalue weighted by Crippen LogP contribution is 2.12. The number of hydrogen-bond donors (Lipinski definition) is 0. The Bertz CT molecular complexity index is 649. The number of nitrogens with zero attached hydrogens (tertiary/aromatic N) is 2. The summed E-state index contributed by atoms with van der Waals surface area (Å²) in [5.41, 5.74) is 2.40. The van der Waals surface area contributed by atoms with Gasteiger partial charge in [0.15, 0.2) is 0 Å². The highest BCUT2D eigenvalue weighted by molar-refractivity contribution is 6.30. The van der Waals surface area contributed by atoms with Gasteiger partial charge in [-0.1, -0.05) is 54.1 Å². The molecule has 2 aromatic carbocycles. The Morgan fingerprint density at radius 3 is 2.21 bits per heavy atom. The molecule has 0 bridgehead atoms. The van der Waals surface area contributed by atoms with Crippen LogP contribution in [0.3, 0.4) is 0 Å². The van der Waals surface area contributed by atoms with Gasteiger partial charge in [-0.25, -0.2) is 0 Å². The molecule has 3 rings (SSSR count). The Morgan fingerprint density at radius 2 is 1.54 bits per heavy atom. The van der Waals surface area contributed by atoms with Crippen LogP contribution >= 0.6 is 11.6 Å². The first-order valence-electron chi connectivity index (χ1n) is 8.49. The van der Waals surface area contributed by atoms with Crippen molar-refractivity contribution < 1.29 is 4.79 Å². The maximum Gasteiger partial charge on any atom is 0.227 e. The lowest BCUT2D eigenvalue weighted by molar-refractivity contribution is -0.132. The van der Waals surface area contributed by atoms with Crippen molar-refractivity contribution in [1.82, 2.24) is 9.80 Å². The molecule has 3 nitrogen and oxygen atoms in total. The van der Waals surface area contributed by atoms with E-state index in [1.807, 2.05) is 29.2 Å². The zero-order chi connectivity index (χ0) is 16.8. The van der Waals surface area contributed by atoms with Crippen molar-refractivity contribution in [2.45, 2.75) is 12.8 Å². The van der Waals surface area contributed by atoms with Crippen LogP contribution in [-0.4, -0.2) is 48.4 Å². The van der Waals surface area contributed by atoms with Crippen molar-refractivity contribution in [3.05, 3.63) is 70.7 Å². The van der Waals surface area contributed by atoms with Crippen molar-refractivity contribution in [3.63, 3.8) is 0 Å². The molecule has 0 saturated carbocycles. The van der Waals surface area contributed by atoms with Gasteiger partial charge in [0, 0.05) is 37.7 Å². The number of halogens is 1. The van der Waals surface area contributed by atoms with Crippen molar-refractivity contribution in [2.75, 3.05) is 32.7 Å². The zero-order valence-corrected chi connectivity index (χ0v) is 14.6. The third-order valence-corrected chi connectivity index (χ3v) is 4.81. The van der Waals surface area contributed by atoms with Gasteiger partial charge in [0.1, 0.15) is 0 Å². The van der Waals surface area contributed by atoms with Gasteiger partial charge in [-0.05, 0) is 29.7 Å². The van der Waals surface area contributed by atoms with Gasteiger partial charge >= 0.3 is 0 Å². The molecule has 1 amide bonds. The van der Waals surface area contributed by atoms with Gasteiger partial charge in [0.25, 0.3) is 0 Å². The number of amides is 1. The summed E-state index contributed by atoms with van der Waals surface area (Å²) in [5.74, 6) is 0.208. The fraction of sp³-hybridized carbons (Fsp3) is 0.350. The van der Waals surface area contributed by atoms with Gasteiger partial charge in [-0.3, -0.25) is 9.69 Å². The molecule has 2 aromatic rings. The van der Waals surface area contributed by atoms with E-state index in [4.69, 9.17) is 11.6 Å². The van der Waals surface area contributed by atoms with Crippen LogP contribution in [-0.2, 0) is 17.6 Å². The second-order valence-electron chi connectivity index (χ2n) is 6.26. The van der Waals surface area contributed by atoms with Crippen LogP contribution in [0.25, 0.3) is 0 Å². The first-order chi connectivity index (χ1) is 11.7. The van der Waals surface area contributed by atoms with Crippen LogP contribution in [0, 0.1) is 0 Å². The van der Waals surface area contributed by atoms with E-state index in [1.54, 1.807) is 0 Å². The number of hydrogen-bond acceptors (Lipinski definition) is 2. The fourth-order valence-electron chi connectivity index (χ4n) is 3.04. The summed E-state index contributed by atoms with van der Waals surface area (Å²) in [6, 6.07) is 18.1. The summed E-state index contributed by atoms with van der Waals surface area (Å²) >= 11 is 5.89. The van der Waals surface area contributed by atoms with E-state index >= 15 is 0 Å².